The lowest BCUT2D eigenvalue weighted by Crippen LogP contribution is -2.13. The highest BCUT2D eigenvalue weighted by Gasteiger charge is 2.15. The Labute approximate surface area is 91.3 Å². The lowest BCUT2D eigenvalue weighted by molar-refractivity contribution is -0.114. The normalized spacial score (nSPS) is 11.1. The van der Waals surface area contributed by atoms with E-state index >= 15 is 0 Å². The molecule has 1 rings (SSSR count). The van der Waals surface area contributed by atoms with E-state index in [2.05, 4.69) is 6.07 Å². The molecule has 0 N–H and O–H groups in total. The minimum atomic E-state index is -0.233. The topological polar surface area (TPSA) is 26.3 Å². The SMILES string of the molecule is COc1cccc(CCC(C)(C)C=O)c1. The highest BCUT2D eigenvalue weighted by Crippen LogP contribution is 2.21. The van der Waals surface area contributed by atoms with E-state index in [-0.39, 0.29) is 5.41 Å². The summed E-state index contributed by atoms with van der Waals surface area (Å²) in [6, 6.07) is 7.97. The molecule has 0 spiro atoms. The van der Waals surface area contributed by atoms with Crippen molar-refractivity contribution in [2.24, 2.45) is 5.41 Å². The van der Waals surface area contributed by atoms with Crippen molar-refractivity contribution in [3.63, 3.8) is 0 Å². The van der Waals surface area contributed by atoms with E-state index in [0.717, 1.165) is 24.9 Å². The molecule has 0 unspecified atom stereocenters. The van der Waals surface area contributed by atoms with Crippen LogP contribution in [-0.4, -0.2) is 13.4 Å². The van der Waals surface area contributed by atoms with Crippen molar-refractivity contribution in [1.29, 1.82) is 0 Å². The Morgan fingerprint density at radius 1 is 1.40 bits per heavy atom. The van der Waals surface area contributed by atoms with Crippen LogP contribution in [-0.2, 0) is 11.2 Å². The number of aryl methyl sites for hydroxylation is 1. The molecule has 0 atom stereocenters. The Balaban J connectivity index is 2.61. The largest absolute Gasteiger partial charge is 0.497 e. The minimum Gasteiger partial charge on any atom is -0.497 e. The first kappa shape index (κ1) is 11.8. The summed E-state index contributed by atoms with van der Waals surface area (Å²) < 4.78 is 5.14. The second-order valence-electron chi connectivity index (χ2n) is 4.46. The van der Waals surface area contributed by atoms with Crippen LogP contribution in [0.25, 0.3) is 0 Å². The fraction of sp³-hybridized carbons (Fsp3) is 0.462. The molecule has 2 nitrogen and oxygen atoms in total. The number of carbonyl (C=O) groups excluding carboxylic acids is 1. The van der Waals surface area contributed by atoms with Gasteiger partial charge in [-0.3, -0.25) is 0 Å². The molecule has 82 valence electrons. The zero-order chi connectivity index (χ0) is 11.3. The van der Waals surface area contributed by atoms with Gasteiger partial charge in [0.15, 0.2) is 0 Å². The third-order valence-corrected chi connectivity index (χ3v) is 2.51. The Bertz CT molecular complexity index is 329. The number of methoxy groups -OCH3 is 1. The molecule has 0 saturated carbocycles. The molecular formula is C13H18O2. The summed E-state index contributed by atoms with van der Waals surface area (Å²) >= 11 is 0. The summed E-state index contributed by atoms with van der Waals surface area (Å²) in [5, 5.41) is 0. The van der Waals surface area contributed by atoms with Crippen LogP contribution in [0, 0.1) is 5.41 Å². The lowest BCUT2D eigenvalue weighted by atomic mass is 9.88. The maximum atomic E-state index is 10.7. The molecule has 0 radical (unpaired) electrons. The van der Waals surface area contributed by atoms with Crippen LogP contribution >= 0.6 is 0 Å². The van der Waals surface area contributed by atoms with Gasteiger partial charge in [0.2, 0.25) is 0 Å². The maximum Gasteiger partial charge on any atom is 0.125 e. The van der Waals surface area contributed by atoms with Crippen molar-refractivity contribution in [3.8, 4) is 5.75 Å². The maximum absolute atomic E-state index is 10.7. The summed E-state index contributed by atoms with van der Waals surface area (Å²) in [4.78, 5) is 10.7. The summed E-state index contributed by atoms with van der Waals surface area (Å²) in [6.07, 6.45) is 2.79. The van der Waals surface area contributed by atoms with Crippen LogP contribution in [0.5, 0.6) is 5.75 Å². The monoisotopic (exact) mass is 206 g/mol. The van der Waals surface area contributed by atoms with Gasteiger partial charge in [0, 0.05) is 5.41 Å². The third-order valence-electron chi connectivity index (χ3n) is 2.51. The molecule has 0 amide bonds. The number of hydrogen-bond acceptors (Lipinski definition) is 2. The number of ether oxygens (including phenoxy) is 1. The zero-order valence-corrected chi connectivity index (χ0v) is 9.62. The van der Waals surface area contributed by atoms with E-state index in [1.165, 1.54) is 5.56 Å². The van der Waals surface area contributed by atoms with E-state index in [0.29, 0.717) is 0 Å². The van der Waals surface area contributed by atoms with E-state index < -0.39 is 0 Å². The number of rotatable bonds is 5. The van der Waals surface area contributed by atoms with Crippen LogP contribution in [0.15, 0.2) is 24.3 Å². The van der Waals surface area contributed by atoms with Crippen molar-refractivity contribution in [3.05, 3.63) is 29.8 Å². The standard InChI is InChI=1S/C13H18O2/c1-13(2,10-14)8-7-11-5-4-6-12(9-11)15-3/h4-6,9-10H,7-8H2,1-3H3. The van der Waals surface area contributed by atoms with Gasteiger partial charge in [0.05, 0.1) is 7.11 Å². The molecule has 0 fully saturated rings. The molecule has 1 aromatic carbocycles. The molecule has 0 bridgehead atoms. The van der Waals surface area contributed by atoms with Gasteiger partial charge in [-0.05, 0) is 30.5 Å². The molecule has 0 saturated heterocycles. The molecule has 0 heterocycles. The second-order valence-corrected chi connectivity index (χ2v) is 4.46. The molecule has 0 aromatic heterocycles. The smallest absolute Gasteiger partial charge is 0.125 e. The first-order valence-electron chi connectivity index (χ1n) is 5.17. The van der Waals surface area contributed by atoms with Crippen molar-refractivity contribution in [2.45, 2.75) is 26.7 Å². The Morgan fingerprint density at radius 2 is 2.13 bits per heavy atom. The van der Waals surface area contributed by atoms with E-state index in [4.69, 9.17) is 4.74 Å². The van der Waals surface area contributed by atoms with Crippen molar-refractivity contribution >= 4 is 6.29 Å². The summed E-state index contributed by atoms with van der Waals surface area (Å²) in [5.41, 5.74) is 0.979. The zero-order valence-electron chi connectivity index (χ0n) is 9.62. The van der Waals surface area contributed by atoms with Gasteiger partial charge in [0.25, 0.3) is 0 Å². The first-order valence-corrected chi connectivity index (χ1v) is 5.17. The van der Waals surface area contributed by atoms with Gasteiger partial charge in [-0.2, -0.15) is 0 Å². The number of benzene rings is 1. The van der Waals surface area contributed by atoms with Crippen molar-refractivity contribution in [1.82, 2.24) is 0 Å². The van der Waals surface area contributed by atoms with Crippen molar-refractivity contribution < 1.29 is 9.53 Å². The Hall–Kier alpha value is -1.31. The van der Waals surface area contributed by atoms with Crippen LogP contribution in [0.4, 0.5) is 0 Å². The van der Waals surface area contributed by atoms with Crippen LogP contribution in [0.3, 0.4) is 0 Å². The molecule has 0 aliphatic carbocycles. The molecule has 2 heteroatoms. The van der Waals surface area contributed by atoms with E-state index in [1.807, 2.05) is 32.0 Å². The Kier molecular flexibility index (Phi) is 3.89. The Morgan fingerprint density at radius 3 is 2.73 bits per heavy atom. The second kappa shape index (κ2) is 4.96. The molecule has 0 aliphatic heterocycles. The molecule has 0 aliphatic rings. The molecular weight excluding hydrogens is 188 g/mol. The van der Waals surface area contributed by atoms with Gasteiger partial charge in [0.1, 0.15) is 12.0 Å². The predicted molar refractivity (Wildman–Crippen MR) is 61.2 cm³/mol. The fourth-order valence-corrected chi connectivity index (χ4v) is 1.35. The van der Waals surface area contributed by atoms with E-state index in [9.17, 15) is 4.79 Å². The summed E-state index contributed by atoms with van der Waals surface area (Å²) in [5.74, 6) is 0.872. The lowest BCUT2D eigenvalue weighted by Gasteiger charge is -2.16. The predicted octanol–water partition coefficient (Wildman–Crippen LogP) is 2.85. The summed E-state index contributed by atoms with van der Waals surface area (Å²) in [6.45, 7) is 3.92. The van der Waals surface area contributed by atoms with E-state index in [1.54, 1.807) is 7.11 Å². The molecule has 15 heavy (non-hydrogen) atoms. The first-order chi connectivity index (χ1) is 7.07. The van der Waals surface area contributed by atoms with Crippen LogP contribution < -0.4 is 4.74 Å². The molecule has 1 aromatic rings. The van der Waals surface area contributed by atoms with Gasteiger partial charge < -0.3 is 9.53 Å². The van der Waals surface area contributed by atoms with Gasteiger partial charge in [-0.15, -0.1) is 0 Å². The van der Waals surface area contributed by atoms with Gasteiger partial charge in [-0.1, -0.05) is 26.0 Å². The number of hydrogen-bond donors (Lipinski definition) is 0. The van der Waals surface area contributed by atoms with Crippen molar-refractivity contribution in [2.75, 3.05) is 7.11 Å². The fourth-order valence-electron chi connectivity index (χ4n) is 1.35. The highest BCUT2D eigenvalue weighted by atomic mass is 16.5. The number of aldehydes is 1. The number of carbonyl (C=O) groups is 1. The van der Waals surface area contributed by atoms with Gasteiger partial charge in [-0.25, -0.2) is 0 Å². The van der Waals surface area contributed by atoms with Gasteiger partial charge >= 0.3 is 0 Å². The van der Waals surface area contributed by atoms with Crippen LogP contribution in [0.2, 0.25) is 0 Å². The average Bonchev–Trinajstić information content (AvgIpc) is 2.27. The summed E-state index contributed by atoms with van der Waals surface area (Å²) in [7, 11) is 1.66. The van der Waals surface area contributed by atoms with Crippen LogP contribution in [0.1, 0.15) is 25.8 Å². The highest BCUT2D eigenvalue weighted by molar-refractivity contribution is 5.57. The minimum absolute atomic E-state index is 0.233. The average molecular weight is 206 g/mol. The third kappa shape index (κ3) is 3.74. The quantitative estimate of drug-likeness (QED) is 0.692.